The molecule has 1 atom stereocenters. The highest BCUT2D eigenvalue weighted by Crippen LogP contribution is 2.34. The minimum atomic E-state index is -1.16. The molecule has 1 amide bonds. The molecule has 0 spiro atoms. The van der Waals surface area contributed by atoms with Gasteiger partial charge in [-0.05, 0) is 18.9 Å². The maximum absolute atomic E-state index is 12.7. The number of hydrogen-bond donors (Lipinski definition) is 1. The highest BCUT2D eigenvalue weighted by atomic mass is 16.6. The van der Waals surface area contributed by atoms with Gasteiger partial charge in [-0.15, -0.1) is 0 Å². The molecule has 1 N–H and O–H groups in total. The lowest BCUT2D eigenvalue weighted by Crippen LogP contribution is -2.40. The molecule has 23 heavy (non-hydrogen) atoms. The van der Waals surface area contributed by atoms with E-state index in [2.05, 4.69) is 0 Å². The van der Waals surface area contributed by atoms with Crippen molar-refractivity contribution in [1.29, 1.82) is 0 Å². The Bertz CT molecular complexity index is 659. The second-order valence-electron chi connectivity index (χ2n) is 5.72. The lowest BCUT2D eigenvalue weighted by molar-refractivity contribution is -0.385. The Kier molecular flexibility index (Phi) is 4.65. The van der Waals surface area contributed by atoms with Crippen LogP contribution in [0.2, 0.25) is 0 Å². The van der Waals surface area contributed by atoms with Gasteiger partial charge < -0.3 is 14.7 Å². The number of benzene rings is 1. The Labute approximate surface area is 132 Å². The summed E-state index contributed by atoms with van der Waals surface area (Å²) < 4.78 is 4.98. The fourth-order valence-corrected chi connectivity index (χ4v) is 2.92. The number of carboxylic acid groups (broad SMARTS) is 1. The van der Waals surface area contributed by atoms with Gasteiger partial charge in [-0.3, -0.25) is 19.7 Å². The molecular weight excluding hydrogens is 304 g/mol. The van der Waals surface area contributed by atoms with Crippen LogP contribution in [0.5, 0.6) is 0 Å². The predicted molar refractivity (Wildman–Crippen MR) is 80.3 cm³/mol. The van der Waals surface area contributed by atoms with E-state index in [1.165, 1.54) is 24.1 Å². The number of carboxylic acids is 1. The van der Waals surface area contributed by atoms with Crippen LogP contribution >= 0.6 is 0 Å². The van der Waals surface area contributed by atoms with Crippen molar-refractivity contribution in [2.75, 3.05) is 26.8 Å². The van der Waals surface area contributed by atoms with E-state index in [1.807, 2.05) is 0 Å². The van der Waals surface area contributed by atoms with Crippen LogP contribution < -0.4 is 0 Å². The maximum atomic E-state index is 12.7. The van der Waals surface area contributed by atoms with E-state index < -0.39 is 22.2 Å². The molecule has 8 heteroatoms. The fourth-order valence-electron chi connectivity index (χ4n) is 2.92. The zero-order valence-electron chi connectivity index (χ0n) is 12.9. The average Bonchev–Trinajstić information content (AvgIpc) is 2.92. The first-order valence-corrected chi connectivity index (χ1v) is 7.08. The van der Waals surface area contributed by atoms with Crippen molar-refractivity contribution in [2.45, 2.75) is 13.3 Å². The number of aliphatic carboxylic acids is 1. The Morgan fingerprint density at radius 1 is 1.48 bits per heavy atom. The van der Waals surface area contributed by atoms with Gasteiger partial charge in [-0.25, -0.2) is 0 Å². The monoisotopic (exact) mass is 322 g/mol. The van der Waals surface area contributed by atoms with Gasteiger partial charge in [0.15, 0.2) is 0 Å². The molecule has 2 rings (SSSR count). The van der Waals surface area contributed by atoms with Crippen molar-refractivity contribution in [3.05, 3.63) is 39.4 Å². The van der Waals surface area contributed by atoms with E-state index in [0.29, 0.717) is 5.56 Å². The number of likely N-dealkylation sites (tertiary alicyclic amines) is 1. The quantitative estimate of drug-likeness (QED) is 0.649. The van der Waals surface area contributed by atoms with Crippen LogP contribution in [0, 0.1) is 22.5 Å². The summed E-state index contributed by atoms with van der Waals surface area (Å²) in [5.41, 5.74) is -0.934. The first-order chi connectivity index (χ1) is 10.8. The van der Waals surface area contributed by atoms with Gasteiger partial charge in [0.05, 0.1) is 11.5 Å². The second kappa shape index (κ2) is 6.33. The number of carbonyl (C=O) groups excluding carboxylic acids is 1. The lowest BCUT2D eigenvalue weighted by atomic mass is 9.88. The van der Waals surface area contributed by atoms with Gasteiger partial charge in [0.2, 0.25) is 0 Å². The van der Waals surface area contributed by atoms with Gasteiger partial charge in [0.25, 0.3) is 11.6 Å². The van der Waals surface area contributed by atoms with Gasteiger partial charge >= 0.3 is 5.97 Å². The molecule has 0 aromatic heterocycles. The smallest absolute Gasteiger partial charge is 0.313 e. The summed E-state index contributed by atoms with van der Waals surface area (Å²) in [7, 11) is 1.40. The van der Waals surface area contributed by atoms with E-state index >= 15 is 0 Å². The van der Waals surface area contributed by atoms with Crippen LogP contribution in [0.3, 0.4) is 0 Å². The number of nitrogens with zero attached hydrogens (tertiary/aromatic N) is 2. The molecular formula is C15H18N2O6. The molecule has 1 aliphatic heterocycles. The van der Waals surface area contributed by atoms with Crippen LogP contribution in [0.4, 0.5) is 5.69 Å². The molecule has 0 saturated carbocycles. The minimum Gasteiger partial charge on any atom is -0.481 e. The number of amides is 1. The van der Waals surface area contributed by atoms with Crippen molar-refractivity contribution < 1.29 is 24.4 Å². The van der Waals surface area contributed by atoms with E-state index in [4.69, 9.17) is 4.74 Å². The number of nitro groups is 1. The highest BCUT2D eigenvalue weighted by Gasteiger charge is 2.47. The molecule has 1 aliphatic rings. The van der Waals surface area contributed by atoms with Crippen molar-refractivity contribution in [3.8, 4) is 0 Å². The zero-order chi connectivity index (χ0) is 17.2. The normalized spacial score (nSPS) is 20.5. The number of nitro benzene ring substituents is 1. The first-order valence-electron chi connectivity index (χ1n) is 7.08. The molecule has 1 unspecified atom stereocenters. The maximum Gasteiger partial charge on any atom is 0.313 e. The van der Waals surface area contributed by atoms with Crippen LogP contribution in [-0.4, -0.2) is 53.6 Å². The Balaban J connectivity index is 2.33. The van der Waals surface area contributed by atoms with Gasteiger partial charge in [-0.2, -0.15) is 0 Å². The Morgan fingerprint density at radius 3 is 2.74 bits per heavy atom. The Morgan fingerprint density at radius 2 is 2.17 bits per heavy atom. The Hall–Kier alpha value is -2.48. The van der Waals surface area contributed by atoms with Crippen molar-refractivity contribution >= 4 is 17.6 Å². The molecule has 1 saturated heterocycles. The van der Waals surface area contributed by atoms with E-state index in [9.17, 15) is 24.8 Å². The largest absolute Gasteiger partial charge is 0.481 e. The summed E-state index contributed by atoms with van der Waals surface area (Å²) in [6, 6.07) is 4.41. The molecule has 1 heterocycles. The molecule has 1 aromatic rings. The van der Waals surface area contributed by atoms with Crippen LogP contribution in [-0.2, 0) is 9.53 Å². The summed E-state index contributed by atoms with van der Waals surface area (Å²) in [5.74, 6) is -1.55. The van der Waals surface area contributed by atoms with E-state index in [-0.39, 0.29) is 37.4 Å². The predicted octanol–water partition coefficient (Wildman–Crippen LogP) is 1.47. The molecule has 0 bridgehead atoms. The van der Waals surface area contributed by atoms with Crippen LogP contribution in [0.1, 0.15) is 22.3 Å². The summed E-state index contributed by atoms with van der Waals surface area (Å²) >= 11 is 0. The first kappa shape index (κ1) is 16.9. The highest BCUT2D eigenvalue weighted by molar-refractivity contribution is 6.00. The summed E-state index contributed by atoms with van der Waals surface area (Å²) in [4.78, 5) is 36.1. The number of ether oxygens (including phenoxy) is 1. The van der Waals surface area contributed by atoms with E-state index in [1.54, 1.807) is 13.0 Å². The van der Waals surface area contributed by atoms with Crippen molar-refractivity contribution in [1.82, 2.24) is 4.90 Å². The SMILES string of the molecule is COCC1(C(=O)O)CCN(C(=O)c2c(C)cccc2[N+](=O)[O-])C1. The van der Waals surface area contributed by atoms with Gasteiger partial charge in [-0.1, -0.05) is 12.1 Å². The third-order valence-electron chi connectivity index (χ3n) is 4.18. The number of hydrogen-bond acceptors (Lipinski definition) is 5. The molecule has 1 aromatic carbocycles. The summed E-state index contributed by atoms with van der Waals surface area (Å²) in [6.45, 7) is 1.80. The molecule has 1 fully saturated rings. The molecule has 124 valence electrons. The van der Waals surface area contributed by atoms with Crippen LogP contribution in [0.15, 0.2) is 18.2 Å². The summed E-state index contributed by atoms with van der Waals surface area (Å²) in [5, 5.41) is 20.6. The van der Waals surface area contributed by atoms with Gasteiger partial charge in [0, 0.05) is 26.3 Å². The number of aryl methyl sites for hydroxylation is 1. The fraction of sp³-hybridized carbons (Fsp3) is 0.467. The summed E-state index contributed by atoms with van der Waals surface area (Å²) in [6.07, 6.45) is 0.252. The van der Waals surface area contributed by atoms with Crippen molar-refractivity contribution in [2.24, 2.45) is 5.41 Å². The van der Waals surface area contributed by atoms with Gasteiger partial charge in [0.1, 0.15) is 11.0 Å². The third-order valence-corrected chi connectivity index (χ3v) is 4.18. The number of carbonyl (C=O) groups is 2. The minimum absolute atomic E-state index is 0.0103. The third kappa shape index (κ3) is 3.02. The molecule has 0 radical (unpaired) electrons. The zero-order valence-corrected chi connectivity index (χ0v) is 12.9. The molecule has 8 nitrogen and oxygen atoms in total. The van der Waals surface area contributed by atoms with Crippen molar-refractivity contribution in [3.63, 3.8) is 0 Å². The average molecular weight is 322 g/mol. The van der Waals surface area contributed by atoms with Crippen LogP contribution in [0.25, 0.3) is 0 Å². The number of rotatable bonds is 5. The number of methoxy groups -OCH3 is 1. The molecule has 0 aliphatic carbocycles. The topological polar surface area (TPSA) is 110 Å². The van der Waals surface area contributed by atoms with E-state index in [0.717, 1.165) is 0 Å². The standard InChI is InChI=1S/C15H18N2O6/c1-10-4-3-5-11(17(21)22)12(10)13(18)16-7-6-15(8-16,9-23-2)14(19)20/h3-5H,6-9H2,1-2H3,(H,19,20). The lowest BCUT2D eigenvalue weighted by Gasteiger charge is -2.24. The second-order valence-corrected chi connectivity index (χ2v) is 5.72.